The molecule has 0 bridgehead atoms. The largest absolute Gasteiger partial charge is 0.486 e. The van der Waals surface area contributed by atoms with Gasteiger partial charge in [-0.2, -0.15) is 4.98 Å². The molecular formula is C21H17FN2O6. The maximum Gasteiger partial charge on any atom is 0.306 e. The lowest BCUT2D eigenvalue weighted by Gasteiger charge is -2.18. The monoisotopic (exact) mass is 412 g/mol. The predicted molar refractivity (Wildman–Crippen MR) is 101 cm³/mol. The lowest BCUT2D eigenvalue weighted by molar-refractivity contribution is -0.142. The number of esters is 1. The molecular weight excluding hydrogens is 395 g/mol. The number of carbonyl (C=O) groups is 2. The molecule has 0 saturated heterocycles. The van der Waals surface area contributed by atoms with Gasteiger partial charge in [0, 0.05) is 17.5 Å². The summed E-state index contributed by atoms with van der Waals surface area (Å²) in [5.74, 6) is 0.327. The molecule has 0 radical (unpaired) electrons. The predicted octanol–water partition coefficient (Wildman–Crippen LogP) is 3.01. The number of halogens is 1. The molecule has 2 aromatic carbocycles. The number of ether oxygens (including phenoxy) is 3. The normalized spacial score (nSPS) is 12.4. The van der Waals surface area contributed by atoms with Crippen molar-refractivity contribution < 1.29 is 32.7 Å². The highest BCUT2D eigenvalue weighted by Crippen LogP contribution is 2.30. The third-order valence-electron chi connectivity index (χ3n) is 4.34. The molecule has 0 unspecified atom stereocenters. The summed E-state index contributed by atoms with van der Waals surface area (Å²) in [4.78, 5) is 28.4. The van der Waals surface area contributed by atoms with Crippen molar-refractivity contribution in [2.75, 3.05) is 19.8 Å². The first-order valence-electron chi connectivity index (χ1n) is 9.25. The number of fused-ring (bicyclic) bond motifs is 1. The van der Waals surface area contributed by atoms with Crippen LogP contribution < -0.4 is 9.47 Å². The summed E-state index contributed by atoms with van der Waals surface area (Å²) in [6.45, 7) is 0.491. The zero-order chi connectivity index (χ0) is 20.9. The van der Waals surface area contributed by atoms with Gasteiger partial charge in [-0.25, -0.2) is 4.39 Å². The average Bonchev–Trinajstić information content (AvgIpc) is 3.25. The van der Waals surface area contributed by atoms with E-state index in [1.807, 2.05) is 0 Å². The molecule has 3 aromatic rings. The maximum absolute atomic E-state index is 13.0. The summed E-state index contributed by atoms with van der Waals surface area (Å²) in [5.41, 5.74) is 0.965. The fourth-order valence-corrected chi connectivity index (χ4v) is 2.80. The van der Waals surface area contributed by atoms with E-state index in [0.717, 1.165) is 0 Å². The fraction of sp³-hybridized carbons (Fsp3) is 0.238. The van der Waals surface area contributed by atoms with Gasteiger partial charge in [0.2, 0.25) is 11.7 Å². The number of rotatable bonds is 7. The van der Waals surface area contributed by atoms with E-state index >= 15 is 0 Å². The van der Waals surface area contributed by atoms with Crippen molar-refractivity contribution in [1.82, 2.24) is 10.1 Å². The van der Waals surface area contributed by atoms with E-state index in [-0.39, 0.29) is 36.9 Å². The minimum Gasteiger partial charge on any atom is -0.486 e. The number of Topliss-reactive ketones (excluding diaryl/α,β-unsaturated/α-hetero) is 1. The molecule has 0 atom stereocenters. The molecule has 2 heterocycles. The molecule has 0 spiro atoms. The number of hydrogen-bond acceptors (Lipinski definition) is 8. The van der Waals surface area contributed by atoms with Crippen LogP contribution in [0.3, 0.4) is 0 Å². The first-order valence-corrected chi connectivity index (χ1v) is 9.25. The van der Waals surface area contributed by atoms with Crippen LogP contribution in [0.15, 0.2) is 47.0 Å². The van der Waals surface area contributed by atoms with Crippen molar-refractivity contribution in [3.05, 3.63) is 59.7 Å². The van der Waals surface area contributed by atoms with Crippen LogP contribution in [0.25, 0.3) is 11.4 Å². The van der Waals surface area contributed by atoms with Crippen LogP contribution in [0, 0.1) is 5.82 Å². The highest BCUT2D eigenvalue weighted by molar-refractivity contribution is 5.98. The van der Waals surface area contributed by atoms with Gasteiger partial charge in [0.15, 0.2) is 23.9 Å². The molecule has 0 amide bonds. The molecule has 1 aliphatic rings. The van der Waals surface area contributed by atoms with Crippen LogP contribution in [-0.4, -0.2) is 41.7 Å². The Hall–Kier alpha value is -3.75. The van der Waals surface area contributed by atoms with Crippen molar-refractivity contribution in [3.63, 3.8) is 0 Å². The van der Waals surface area contributed by atoms with Crippen molar-refractivity contribution >= 4 is 11.8 Å². The number of benzene rings is 2. The lowest BCUT2D eigenvalue weighted by atomic mass is 10.1. The smallest absolute Gasteiger partial charge is 0.306 e. The fourth-order valence-electron chi connectivity index (χ4n) is 2.80. The first-order chi connectivity index (χ1) is 14.6. The Labute approximate surface area is 170 Å². The number of aryl methyl sites for hydroxylation is 1. The van der Waals surface area contributed by atoms with Crippen molar-refractivity contribution in [2.45, 2.75) is 12.8 Å². The second-order valence-electron chi connectivity index (χ2n) is 6.46. The van der Waals surface area contributed by atoms with Crippen LogP contribution in [-0.2, 0) is 16.0 Å². The number of nitrogens with zero attached hydrogens (tertiary/aromatic N) is 2. The molecule has 0 N–H and O–H groups in total. The van der Waals surface area contributed by atoms with Gasteiger partial charge in [-0.15, -0.1) is 0 Å². The van der Waals surface area contributed by atoms with E-state index in [2.05, 4.69) is 10.1 Å². The van der Waals surface area contributed by atoms with Crippen LogP contribution in [0.2, 0.25) is 0 Å². The minimum atomic E-state index is -0.567. The second-order valence-corrected chi connectivity index (χ2v) is 6.46. The molecule has 0 fully saturated rings. The third kappa shape index (κ3) is 4.62. The second kappa shape index (κ2) is 8.73. The molecule has 154 valence electrons. The van der Waals surface area contributed by atoms with Gasteiger partial charge in [-0.1, -0.05) is 5.16 Å². The standard InChI is InChI=1S/C21H17FN2O6/c22-15-4-1-13(2-5-15)21-23-19(30-24-21)7-8-20(26)29-12-16(25)14-3-6-17-18(11-14)28-10-9-27-17/h1-6,11H,7-10,12H2. The van der Waals surface area contributed by atoms with E-state index in [0.29, 0.717) is 41.7 Å². The van der Waals surface area contributed by atoms with Gasteiger partial charge >= 0.3 is 5.97 Å². The number of carbonyl (C=O) groups excluding carboxylic acids is 2. The van der Waals surface area contributed by atoms with Gasteiger partial charge in [0.05, 0.1) is 6.42 Å². The van der Waals surface area contributed by atoms with E-state index < -0.39 is 5.97 Å². The van der Waals surface area contributed by atoms with E-state index in [1.165, 1.54) is 24.3 Å². The Morgan fingerprint density at radius 3 is 2.60 bits per heavy atom. The summed E-state index contributed by atoms with van der Waals surface area (Å²) in [5, 5.41) is 3.81. The Morgan fingerprint density at radius 2 is 1.80 bits per heavy atom. The van der Waals surface area contributed by atoms with Crippen molar-refractivity contribution in [1.29, 1.82) is 0 Å². The van der Waals surface area contributed by atoms with Crippen LogP contribution in [0.5, 0.6) is 11.5 Å². The Morgan fingerprint density at radius 1 is 1.03 bits per heavy atom. The zero-order valence-corrected chi connectivity index (χ0v) is 15.8. The first kappa shape index (κ1) is 19.6. The summed E-state index contributed by atoms with van der Waals surface area (Å²) >= 11 is 0. The van der Waals surface area contributed by atoms with Crippen molar-refractivity contribution in [3.8, 4) is 22.9 Å². The molecule has 0 aliphatic carbocycles. The maximum atomic E-state index is 13.0. The van der Waals surface area contributed by atoms with E-state index in [1.54, 1.807) is 18.2 Å². The molecule has 9 heteroatoms. The number of ketones is 1. The summed E-state index contributed by atoms with van der Waals surface area (Å²) in [7, 11) is 0. The number of aromatic nitrogens is 2. The van der Waals surface area contributed by atoms with E-state index in [9.17, 15) is 14.0 Å². The molecule has 4 rings (SSSR count). The van der Waals surface area contributed by atoms with E-state index in [4.69, 9.17) is 18.7 Å². The molecule has 8 nitrogen and oxygen atoms in total. The van der Waals surface area contributed by atoms with Crippen LogP contribution in [0.4, 0.5) is 4.39 Å². The van der Waals surface area contributed by atoms with Gasteiger partial charge in [-0.3, -0.25) is 9.59 Å². The molecule has 0 saturated carbocycles. The molecule has 30 heavy (non-hydrogen) atoms. The topological polar surface area (TPSA) is 101 Å². The van der Waals surface area contributed by atoms with Crippen molar-refractivity contribution in [2.24, 2.45) is 0 Å². The van der Waals surface area contributed by atoms with Gasteiger partial charge in [0.25, 0.3) is 0 Å². The Bertz CT molecular complexity index is 1060. The van der Waals surface area contributed by atoms with Gasteiger partial charge < -0.3 is 18.7 Å². The zero-order valence-electron chi connectivity index (χ0n) is 15.8. The average molecular weight is 412 g/mol. The van der Waals surface area contributed by atoms with Crippen LogP contribution >= 0.6 is 0 Å². The highest BCUT2D eigenvalue weighted by Gasteiger charge is 2.17. The number of hydrogen-bond donors (Lipinski definition) is 0. The third-order valence-corrected chi connectivity index (χ3v) is 4.34. The SMILES string of the molecule is O=C(CCc1nc(-c2ccc(F)cc2)no1)OCC(=O)c1ccc2c(c1)OCCO2. The summed E-state index contributed by atoms with van der Waals surface area (Å²) in [6.07, 6.45) is 0.130. The Balaban J connectivity index is 1.26. The van der Waals surface area contributed by atoms with Gasteiger partial charge in [0.1, 0.15) is 19.0 Å². The minimum absolute atomic E-state index is 0.0283. The molecule has 1 aromatic heterocycles. The Kier molecular flexibility index (Phi) is 5.69. The van der Waals surface area contributed by atoms with Gasteiger partial charge in [-0.05, 0) is 42.5 Å². The summed E-state index contributed by atoms with van der Waals surface area (Å²) < 4.78 is 34.0. The lowest BCUT2D eigenvalue weighted by Crippen LogP contribution is -2.17. The quantitative estimate of drug-likeness (QED) is 0.431. The summed E-state index contributed by atoms with van der Waals surface area (Å²) in [6, 6.07) is 10.5. The molecule has 1 aliphatic heterocycles. The van der Waals surface area contributed by atoms with Crippen LogP contribution in [0.1, 0.15) is 22.7 Å². The highest BCUT2D eigenvalue weighted by atomic mass is 19.1.